The van der Waals surface area contributed by atoms with Crippen LogP contribution in [0.5, 0.6) is 5.75 Å². The highest BCUT2D eigenvalue weighted by atomic mass is 16.5. The van der Waals surface area contributed by atoms with E-state index in [4.69, 9.17) is 10.5 Å². The van der Waals surface area contributed by atoms with Gasteiger partial charge in [-0.3, -0.25) is 4.79 Å². The van der Waals surface area contributed by atoms with E-state index in [-0.39, 0.29) is 0 Å². The minimum Gasteiger partial charge on any atom is -0.495 e. The van der Waals surface area contributed by atoms with Crippen molar-refractivity contribution in [2.45, 2.75) is 20.4 Å². The van der Waals surface area contributed by atoms with Crippen LogP contribution in [0.3, 0.4) is 0 Å². The van der Waals surface area contributed by atoms with Gasteiger partial charge in [0.15, 0.2) is 0 Å². The van der Waals surface area contributed by atoms with Crippen molar-refractivity contribution in [3.05, 3.63) is 58.7 Å². The van der Waals surface area contributed by atoms with Crippen molar-refractivity contribution in [2.24, 2.45) is 5.73 Å². The normalized spacial score (nSPS) is 10.2. The van der Waals surface area contributed by atoms with E-state index in [2.05, 4.69) is 37.4 Å². The van der Waals surface area contributed by atoms with Crippen LogP contribution in [0.4, 0.5) is 5.69 Å². The number of hydrogen-bond acceptors (Lipinski definition) is 3. The summed E-state index contributed by atoms with van der Waals surface area (Å²) in [6, 6.07) is 11.4. The number of nitrogens with two attached hydrogens (primary N) is 1. The molecule has 0 aliphatic heterocycles. The zero-order chi connectivity index (χ0) is 15.4. The summed E-state index contributed by atoms with van der Waals surface area (Å²) in [5.41, 5.74) is 10.2. The lowest BCUT2D eigenvalue weighted by molar-refractivity contribution is 0.100. The van der Waals surface area contributed by atoms with Crippen molar-refractivity contribution in [3.8, 4) is 5.75 Å². The lowest BCUT2D eigenvalue weighted by Crippen LogP contribution is -2.12. The van der Waals surface area contributed by atoms with Gasteiger partial charge in [0.25, 0.3) is 0 Å². The predicted octanol–water partition coefficient (Wildman–Crippen LogP) is 3.02. The lowest BCUT2D eigenvalue weighted by Gasteiger charge is -2.14. The highest BCUT2D eigenvalue weighted by Gasteiger charge is 2.08. The molecule has 0 saturated carbocycles. The molecular weight excluding hydrogens is 264 g/mol. The van der Waals surface area contributed by atoms with Crippen molar-refractivity contribution in [2.75, 3.05) is 12.4 Å². The Hall–Kier alpha value is -2.49. The van der Waals surface area contributed by atoms with E-state index < -0.39 is 5.91 Å². The van der Waals surface area contributed by atoms with Gasteiger partial charge >= 0.3 is 0 Å². The Morgan fingerprint density at radius 2 is 1.95 bits per heavy atom. The van der Waals surface area contributed by atoms with Gasteiger partial charge < -0.3 is 15.8 Å². The molecule has 0 bridgehead atoms. The Kier molecular flexibility index (Phi) is 4.48. The molecule has 0 heterocycles. The minimum absolute atomic E-state index is 0.451. The van der Waals surface area contributed by atoms with E-state index in [9.17, 15) is 4.79 Å². The quantitative estimate of drug-likeness (QED) is 0.887. The maximum atomic E-state index is 11.3. The van der Waals surface area contributed by atoms with Crippen molar-refractivity contribution in [1.82, 2.24) is 0 Å². The monoisotopic (exact) mass is 284 g/mol. The molecule has 2 rings (SSSR count). The van der Waals surface area contributed by atoms with Crippen molar-refractivity contribution in [1.29, 1.82) is 0 Å². The number of aryl methyl sites for hydroxylation is 2. The summed E-state index contributed by atoms with van der Waals surface area (Å²) in [5.74, 6) is 0.234. The number of hydrogen-bond donors (Lipinski definition) is 2. The van der Waals surface area contributed by atoms with Crippen LogP contribution in [0, 0.1) is 13.8 Å². The van der Waals surface area contributed by atoms with Gasteiger partial charge in [-0.1, -0.05) is 23.8 Å². The van der Waals surface area contributed by atoms with E-state index >= 15 is 0 Å². The zero-order valence-electron chi connectivity index (χ0n) is 12.6. The summed E-state index contributed by atoms with van der Waals surface area (Å²) in [5, 5.41) is 3.31. The van der Waals surface area contributed by atoms with Crippen LogP contribution in [-0.4, -0.2) is 13.0 Å². The molecule has 3 N–H and O–H groups in total. The Morgan fingerprint density at radius 3 is 2.62 bits per heavy atom. The van der Waals surface area contributed by atoms with Crippen molar-refractivity contribution in [3.63, 3.8) is 0 Å². The number of methoxy groups -OCH3 is 1. The Bertz CT molecular complexity index is 666. The number of rotatable bonds is 5. The largest absolute Gasteiger partial charge is 0.495 e. The summed E-state index contributed by atoms with van der Waals surface area (Å²) in [4.78, 5) is 11.3. The SMILES string of the molecule is COc1ccc(C(N)=O)cc1NCc1cc(C)ccc1C. The number of amides is 1. The number of carbonyl (C=O) groups excluding carboxylic acids is 1. The second-order valence-electron chi connectivity index (χ2n) is 5.06. The molecule has 21 heavy (non-hydrogen) atoms. The van der Waals surface area contributed by atoms with E-state index in [0.717, 1.165) is 5.69 Å². The Morgan fingerprint density at radius 1 is 1.19 bits per heavy atom. The number of benzene rings is 2. The first kappa shape index (κ1) is 14.9. The van der Waals surface area contributed by atoms with Gasteiger partial charge in [-0.25, -0.2) is 0 Å². The molecular formula is C17H20N2O2. The summed E-state index contributed by atoms with van der Waals surface area (Å²) >= 11 is 0. The second kappa shape index (κ2) is 6.31. The van der Waals surface area contributed by atoms with Gasteiger partial charge in [-0.2, -0.15) is 0 Å². The van der Waals surface area contributed by atoms with Crippen LogP contribution in [0.25, 0.3) is 0 Å². The fourth-order valence-corrected chi connectivity index (χ4v) is 2.18. The third-order valence-corrected chi connectivity index (χ3v) is 3.46. The van der Waals surface area contributed by atoms with Gasteiger partial charge in [0.05, 0.1) is 12.8 Å². The zero-order valence-corrected chi connectivity index (χ0v) is 12.6. The first-order valence-corrected chi connectivity index (χ1v) is 6.79. The number of ether oxygens (including phenoxy) is 1. The molecule has 1 amide bonds. The molecule has 0 fully saturated rings. The van der Waals surface area contributed by atoms with Crippen LogP contribution >= 0.6 is 0 Å². The Labute approximate surface area is 124 Å². The first-order valence-electron chi connectivity index (χ1n) is 6.79. The number of carbonyl (C=O) groups is 1. The van der Waals surface area contributed by atoms with Crippen molar-refractivity contribution >= 4 is 11.6 Å². The number of primary amides is 1. The third kappa shape index (κ3) is 3.54. The van der Waals surface area contributed by atoms with Gasteiger partial charge in [0.1, 0.15) is 5.75 Å². The minimum atomic E-state index is -0.451. The lowest BCUT2D eigenvalue weighted by atomic mass is 10.1. The summed E-state index contributed by atoms with van der Waals surface area (Å²) < 4.78 is 5.31. The molecule has 110 valence electrons. The molecule has 4 heteroatoms. The first-order chi connectivity index (χ1) is 10.0. The summed E-state index contributed by atoms with van der Waals surface area (Å²) in [6.07, 6.45) is 0. The van der Waals surface area contributed by atoms with E-state index in [1.807, 2.05) is 0 Å². The molecule has 0 atom stereocenters. The number of nitrogens with one attached hydrogen (secondary N) is 1. The van der Waals surface area contributed by atoms with Gasteiger partial charge in [-0.15, -0.1) is 0 Å². The van der Waals surface area contributed by atoms with Crippen LogP contribution in [-0.2, 0) is 6.54 Å². The fourth-order valence-electron chi connectivity index (χ4n) is 2.18. The molecule has 2 aromatic carbocycles. The highest BCUT2D eigenvalue weighted by molar-refractivity contribution is 5.94. The average molecular weight is 284 g/mol. The van der Waals surface area contributed by atoms with E-state index in [0.29, 0.717) is 17.9 Å². The topological polar surface area (TPSA) is 64.3 Å². The molecule has 0 unspecified atom stereocenters. The van der Waals surface area contributed by atoms with E-state index in [1.165, 1.54) is 16.7 Å². The van der Waals surface area contributed by atoms with Crippen LogP contribution < -0.4 is 15.8 Å². The molecule has 0 aliphatic carbocycles. The smallest absolute Gasteiger partial charge is 0.248 e. The number of anilines is 1. The fraction of sp³-hybridized carbons (Fsp3) is 0.235. The highest BCUT2D eigenvalue weighted by Crippen LogP contribution is 2.26. The third-order valence-electron chi connectivity index (χ3n) is 3.46. The molecule has 0 spiro atoms. The maximum absolute atomic E-state index is 11.3. The average Bonchev–Trinajstić information content (AvgIpc) is 2.47. The summed E-state index contributed by atoms with van der Waals surface area (Å²) in [7, 11) is 1.60. The Balaban J connectivity index is 2.24. The molecule has 0 saturated heterocycles. The van der Waals surface area contributed by atoms with Crippen LogP contribution in [0.15, 0.2) is 36.4 Å². The molecule has 0 aromatic heterocycles. The summed E-state index contributed by atoms with van der Waals surface area (Å²) in [6.45, 7) is 4.80. The van der Waals surface area contributed by atoms with Gasteiger partial charge in [0.2, 0.25) is 5.91 Å². The standard InChI is InChI=1S/C17H20N2O2/c1-11-4-5-12(2)14(8-11)10-19-15-9-13(17(18)20)6-7-16(15)21-3/h4-9,19H,10H2,1-3H3,(H2,18,20). The van der Waals surface area contributed by atoms with Crippen LogP contribution in [0.2, 0.25) is 0 Å². The van der Waals surface area contributed by atoms with E-state index in [1.54, 1.807) is 25.3 Å². The molecule has 0 aliphatic rings. The van der Waals surface area contributed by atoms with Crippen molar-refractivity contribution < 1.29 is 9.53 Å². The maximum Gasteiger partial charge on any atom is 0.248 e. The molecule has 4 nitrogen and oxygen atoms in total. The van der Waals surface area contributed by atoms with Gasteiger partial charge in [-0.05, 0) is 43.2 Å². The molecule has 0 radical (unpaired) electrons. The molecule has 2 aromatic rings. The van der Waals surface area contributed by atoms with Crippen LogP contribution in [0.1, 0.15) is 27.0 Å². The predicted molar refractivity (Wildman–Crippen MR) is 84.8 cm³/mol. The second-order valence-corrected chi connectivity index (χ2v) is 5.06. The van der Waals surface area contributed by atoms with Gasteiger partial charge in [0, 0.05) is 12.1 Å².